The predicted octanol–water partition coefficient (Wildman–Crippen LogP) is -2.06. The fourth-order valence-corrected chi connectivity index (χ4v) is 4.07. The number of aliphatic imine (C=N–C) groups is 1. The first-order valence-electron chi connectivity index (χ1n) is 10.6. The van der Waals surface area contributed by atoms with E-state index < -0.39 is 36.0 Å². The van der Waals surface area contributed by atoms with Gasteiger partial charge in [0.15, 0.2) is 5.96 Å². The number of nitrogens with one attached hydrogen (secondary N) is 1. The summed E-state index contributed by atoms with van der Waals surface area (Å²) in [5, 5.41) is 12.0. The highest BCUT2D eigenvalue weighted by atomic mass is 16.4. The van der Waals surface area contributed by atoms with Crippen molar-refractivity contribution in [2.75, 3.05) is 19.6 Å². The monoisotopic (exact) mass is 439 g/mol. The summed E-state index contributed by atoms with van der Waals surface area (Å²) in [6.45, 7) is 2.67. The molecule has 4 atom stereocenters. The van der Waals surface area contributed by atoms with Gasteiger partial charge in [-0.2, -0.15) is 0 Å². The summed E-state index contributed by atoms with van der Waals surface area (Å²) < 4.78 is 0. The van der Waals surface area contributed by atoms with E-state index in [1.54, 1.807) is 6.92 Å². The van der Waals surface area contributed by atoms with Crippen molar-refractivity contribution in [2.45, 2.75) is 69.6 Å². The van der Waals surface area contributed by atoms with Crippen LogP contribution in [0.5, 0.6) is 0 Å². The Morgan fingerprint density at radius 2 is 1.71 bits per heavy atom. The Morgan fingerprint density at radius 1 is 1.10 bits per heavy atom. The van der Waals surface area contributed by atoms with Gasteiger partial charge in [-0.15, -0.1) is 0 Å². The second-order valence-electron chi connectivity index (χ2n) is 8.02. The van der Waals surface area contributed by atoms with Gasteiger partial charge in [0.1, 0.15) is 18.1 Å². The molecule has 0 aromatic rings. The number of guanidine groups is 1. The number of carbonyl (C=O) groups is 4. The summed E-state index contributed by atoms with van der Waals surface area (Å²) in [6, 6.07) is -3.22. The SMILES string of the molecule is CC(N)C(=O)N1CCCC1C(=O)N1CCCC1C(=O)NC(CCCN=C(N)N)C(=O)O. The molecule has 0 aliphatic carbocycles. The van der Waals surface area contributed by atoms with Crippen LogP contribution in [0.2, 0.25) is 0 Å². The summed E-state index contributed by atoms with van der Waals surface area (Å²) in [6.07, 6.45) is 2.80. The van der Waals surface area contributed by atoms with E-state index in [0.29, 0.717) is 45.2 Å². The van der Waals surface area contributed by atoms with Crippen LogP contribution in [0.1, 0.15) is 45.4 Å². The predicted molar refractivity (Wildman–Crippen MR) is 113 cm³/mol. The Hall–Kier alpha value is -2.89. The van der Waals surface area contributed by atoms with Crippen LogP contribution in [0.15, 0.2) is 4.99 Å². The van der Waals surface area contributed by atoms with Crippen molar-refractivity contribution >= 4 is 29.7 Å². The van der Waals surface area contributed by atoms with Crippen molar-refractivity contribution in [3.05, 3.63) is 0 Å². The molecule has 0 aromatic heterocycles. The molecular weight excluding hydrogens is 406 g/mol. The highest BCUT2D eigenvalue weighted by molar-refractivity contribution is 5.94. The van der Waals surface area contributed by atoms with Gasteiger partial charge in [-0.05, 0) is 45.4 Å². The summed E-state index contributed by atoms with van der Waals surface area (Å²) in [7, 11) is 0. The lowest BCUT2D eigenvalue weighted by Gasteiger charge is -2.32. The quantitative estimate of drug-likeness (QED) is 0.153. The van der Waals surface area contributed by atoms with Gasteiger partial charge < -0.3 is 37.4 Å². The van der Waals surface area contributed by atoms with Crippen LogP contribution >= 0.6 is 0 Å². The van der Waals surface area contributed by atoms with Gasteiger partial charge >= 0.3 is 5.97 Å². The molecule has 12 nitrogen and oxygen atoms in total. The maximum atomic E-state index is 13.2. The number of carboxylic acid groups (broad SMARTS) is 1. The molecule has 12 heteroatoms. The molecule has 0 bridgehead atoms. The fraction of sp³-hybridized carbons (Fsp3) is 0.737. The van der Waals surface area contributed by atoms with Crippen molar-refractivity contribution in [2.24, 2.45) is 22.2 Å². The maximum Gasteiger partial charge on any atom is 0.326 e. The molecule has 2 rings (SSSR count). The second-order valence-corrected chi connectivity index (χ2v) is 8.02. The molecule has 4 unspecified atom stereocenters. The number of nitrogens with zero attached hydrogens (tertiary/aromatic N) is 3. The van der Waals surface area contributed by atoms with E-state index in [2.05, 4.69) is 10.3 Å². The van der Waals surface area contributed by atoms with Crippen molar-refractivity contribution < 1.29 is 24.3 Å². The second kappa shape index (κ2) is 10.9. The Kier molecular flexibility index (Phi) is 8.60. The average molecular weight is 440 g/mol. The third kappa shape index (κ3) is 6.29. The lowest BCUT2D eigenvalue weighted by molar-refractivity contribution is -0.148. The molecule has 2 aliphatic heterocycles. The zero-order chi connectivity index (χ0) is 23.1. The molecule has 3 amide bonds. The van der Waals surface area contributed by atoms with Crippen molar-refractivity contribution in [3.63, 3.8) is 0 Å². The number of likely N-dealkylation sites (tertiary alicyclic amines) is 2. The molecule has 0 aromatic carbocycles. The van der Waals surface area contributed by atoms with Crippen LogP contribution < -0.4 is 22.5 Å². The Morgan fingerprint density at radius 3 is 2.29 bits per heavy atom. The zero-order valence-corrected chi connectivity index (χ0v) is 17.8. The number of nitrogens with two attached hydrogens (primary N) is 3. The van der Waals surface area contributed by atoms with E-state index in [4.69, 9.17) is 17.2 Å². The standard InChI is InChI=1S/C19H33N7O5/c1-11(20)16(28)26-10-4-7-14(26)17(29)25-9-3-6-13(25)15(27)24-12(18(30)31)5-2-8-23-19(21)22/h11-14H,2-10,20H2,1H3,(H,24,27)(H,30,31)(H4,21,22,23). The van der Waals surface area contributed by atoms with Gasteiger partial charge in [-0.25, -0.2) is 4.79 Å². The van der Waals surface area contributed by atoms with Crippen LogP contribution in [0, 0.1) is 0 Å². The van der Waals surface area contributed by atoms with E-state index in [1.807, 2.05) is 0 Å². The van der Waals surface area contributed by atoms with Gasteiger partial charge in [-0.1, -0.05) is 0 Å². The minimum atomic E-state index is -1.17. The van der Waals surface area contributed by atoms with Crippen molar-refractivity contribution in [1.82, 2.24) is 15.1 Å². The van der Waals surface area contributed by atoms with Crippen LogP contribution in [0.3, 0.4) is 0 Å². The molecule has 2 heterocycles. The maximum absolute atomic E-state index is 13.2. The summed E-state index contributed by atoms with van der Waals surface area (Å²) in [4.78, 5) is 56.6. The van der Waals surface area contributed by atoms with E-state index >= 15 is 0 Å². The van der Waals surface area contributed by atoms with E-state index in [9.17, 15) is 24.3 Å². The normalized spacial score (nSPS) is 22.6. The minimum Gasteiger partial charge on any atom is -0.480 e. The smallest absolute Gasteiger partial charge is 0.326 e. The van der Waals surface area contributed by atoms with Gasteiger partial charge in [0, 0.05) is 19.6 Å². The molecule has 8 N–H and O–H groups in total. The largest absolute Gasteiger partial charge is 0.480 e. The molecule has 174 valence electrons. The molecule has 0 saturated carbocycles. The third-order valence-corrected chi connectivity index (χ3v) is 5.61. The molecule has 31 heavy (non-hydrogen) atoms. The zero-order valence-electron chi connectivity index (χ0n) is 17.8. The van der Waals surface area contributed by atoms with E-state index in [0.717, 1.165) is 0 Å². The topological polar surface area (TPSA) is 197 Å². The van der Waals surface area contributed by atoms with Crippen LogP contribution in [-0.2, 0) is 19.2 Å². The number of hydrogen-bond acceptors (Lipinski definition) is 6. The van der Waals surface area contributed by atoms with Gasteiger partial charge in [-0.3, -0.25) is 19.4 Å². The Balaban J connectivity index is 2.01. The minimum absolute atomic E-state index is 0.0838. The van der Waals surface area contributed by atoms with Crippen molar-refractivity contribution in [3.8, 4) is 0 Å². The number of hydrogen-bond donors (Lipinski definition) is 5. The number of aliphatic carboxylic acids is 1. The third-order valence-electron chi connectivity index (χ3n) is 5.61. The summed E-state index contributed by atoms with van der Waals surface area (Å²) in [5.41, 5.74) is 16.2. The number of rotatable bonds is 9. The van der Waals surface area contributed by atoms with E-state index in [-0.39, 0.29) is 30.7 Å². The lowest BCUT2D eigenvalue weighted by atomic mass is 10.1. The molecule has 0 radical (unpaired) electrons. The first-order valence-corrected chi connectivity index (χ1v) is 10.6. The molecule has 0 spiro atoms. The molecule has 2 saturated heterocycles. The summed E-state index contributed by atoms with van der Waals surface area (Å²) >= 11 is 0. The summed E-state index contributed by atoms with van der Waals surface area (Å²) in [5.74, 6) is -2.34. The van der Waals surface area contributed by atoms with Gasteiger partial charge in [0.05, 0.1) is 6.04 Å². The highest BCUT2D eigenvalue weighted by Gasteiger charge is 2.42. The number of carboxylic acids is 1. The lowest BCUT2D eigenvalue weighted by Crippen LogP contribution is -2.56. The first kappa shape index (κ1) is 24.4. The van der Waals surface area contributed by atoms with Crippen LogP contribution in [-0.4, -0.2) is 88.4 Å². The molecule has 2 fully saturated rings. The van der Waals surface area contributed by atoms with Crippen LogP contribution in [0.25, 0.3) is 0 Å². The Labute approximate surface area is 181 Å². The number of amides is 3. The molecular formula is C19H33N7O5. The van der Waals surface area contributed by atoms with Gasteiger partial charge in [0.2, 0.25) is 17.7 Å². The van der Waals surface area contributed by atoms with Gasteiger partial charge in [0.25, 0.3) is 0 Å². The van der Waals surface area contributed by atoms with Crippen LogP contribution in [0.4, 0.5) is 0 Å². The Bertz CT molecular complexity index is 722. The average Bonchev–Trinajstić information content (AvgIpc) is 3.38. The highest BCUT2D eigenvalue weighted by Crippen LogP contribution is 2.25. The number of carbonyl (C=O) groups excluding carboxylic acids is 3. The van der Waals surface area contributed by atoms with Crippen molar-refractivity contribution in [1.29, 1.82) is 0 Å². The first-order chi connectivity index (χ1) is 14.6. The fourth-order valence-electron chi connectivity index (χ4n) is 4.07. The molecule has 2 aliphatic rings. The van der Waals surface area contributed by atoms with E-state index in [1.165, 1.54) is 9.80 Å².